The van der Waals surface area contributed by atoms with Crippen LogP contribution in [0.25, 0.3) is 0 Å². The summed E-state index contributed by atoms with van der Waals surface area (Å²) >= 11 is 0. The smallest absolute Gasteiger partial charge is 0.410 e. The fraction of sp³-hybridized carbons (Fsp3) is 0.857. The third-order valence-corrected chi connectivity index (χ3v) is 3.84. The van der Waals surface area contributed by atoms with Crippen molar-refractivity contribution in [3.05, 3.63) is 0 Å². The largest absolute Gasteiger partial charge is 0.481 e. The van der Waals surface area contributed by atoms with Gasteiger partial charge in [0.1, 0.15) is 5.60 Å². The lowest BCUT2D eigenvalue weighted by Gasteiger charge is -2.45. The second-order valence-electron chi connectivity index (χ2n) is 6.70. The average molecular weight is 284 g/mol. The highest BCUT2D eigenvalue weighted by atomic mass is 16.6. The summed E-state index contributed by atoms with van der Waals surface area (Å²) in [6.07, 6.45) is 1.36. The van der Waals surface area contributed by atoms with Crippen molar-refractivity contribution in [2.45, 2.75) is 45.3 Å². The molecule has 6 heteroatoms. The first-order chi connectivity index (χ1) is 9.26. The predicted molar refractivity (Wildman–Crippen MR) is 73.5 cm³/mol. The van der Waals surface area contributed by atoms with Crippen LogP contribution in [0.15, 0.2) is 0 Å². The number of likely N-dealkylation sites (tertiary alicyclic amines) is 2. The molecule has 1 amide bonds. The summed E-state index contributed by atoms with van der Waals surface area (Å²) in [5.41, 5.74) is -0.556. The normalized spacial score (nSPS) is 27.9. The standard InChI is InChI=1S/C14H24N2O4/c1-14(2,3)20-13(19)16-8-10(12(17)18)7-11(9-16)15-5-4-6-15/h10-11H,4-9H2,1-3H3,(H,17,18)/t10-,11+/m1/s1. The van der Waals surface area contributed by atoms with Crippen LogP contribution in [-0.2, 0) is 9.53 Å². The number of amides is 1. The van der Waals surface area contributed by atoms with E-state index in [1.165, 1.54) is 0 Å². The van der Waals surface area contributed by atoms with Crippen LogP contribution in [0.1, 0.15) is 33.6 Å². The summed E-state index contributed by atoms with van der Waals surface area (Å²) in [6, 6.07) is 0.145. The molecule has 0 unspecified atom stereocenters. The summed E-state index contributed by atoms with van der Waals surface area (Å²) in [7, 11) is 0. The molecule has 0 radical (unpaired) electrons. The molecule has 2 atom stereocenters. The zero-order valence-corrected chi connectivity index (χ0v) is 12.5. The molecule has 6 nitrogen and oxygen atoms in total. The van der Waals surface area contributed by atoms with E-state index in [4.69, 9.17) is 4.74 Å². The Morgan fingerprint density at radius 3 is 2.30 bits per heavy atom. The van der Waals surface area contributed by atoms with Gasteiger partial charge in [-0.25, -0.2) is 4.79 Å². The summed E-state index contributed by atoms with van der Waals surface area (Å²) in [5.74, 6) is -1.33. The first-order valence-electron chi connectivity index (χ1n) is 7.21. The fourth-order valence-electron chi connectivity index (χ4n) is 2.70. The minimum Gasteiger partial charge on any atom is -0.481 e. The van der Waals surface area contributed by atoms with E-state index in [2.05, 4.69) is 4.90 Å². The second-order valence-corrected chi connectivity index (χ2v) is 6.70. The molecule has 0 aromatic heterocycles. The lowest BCUT2D eigenvalue weighted by atomic mass is 9.92. The van der Waals surface area contributed by atoms with Gasteiger partial charge in [0, 0.05) is 19.1 Å². The van der Waals surface area contributed by atoms with Crippen molar-refractivity contribution in [3.63, 3.8) is 0 Å². The summed E-state index contributed by atoms with van der Waals surface area (Å²) in [6.45, 7) is 8.26. The first-order valence-corrected chi connectivity index (χ1v) is 7.21. The van der Waals surface area contributed by atoms with Gasteiger partial charge in [0.2, 0.25) is 0 Å². The Morgan fingerprint density at radius 1 is 1.20 bits per heavy atom. The monoisotopic (exact) mass is 284 g/mol. The van der Waals surface area contributed by atoms with Gasteiger partial charge >= 0.3 is 12.1 Å². The molecule has 2 aliphatic heterocycles. The van der Waals surface area contributed by atoms with Gasteiger partial charge < -0.3 is 14.7 Å². The van der Waals surface area contributed by atoms with Crippen molar-refractivity contribution in [2.24, 2.45) is 5.92 Å². The van der Waals surface area contributed by atoms with Crippen molar-refractivity contribution in [1.29, 1.82) is 0 Å². The number of aliphatic carboxylic acids is 1. The minimum atomic E-state index is -0.830. The molecule has 1 N–H and O–H groups in total. The Hall–Kier alpha value is -1.30. The van der Waals surface area contributed by atoms with Gasteiger partial charge in [-0.15, -0.1) is 0 Å². The van der Waals surface area contributed by atoms with E-state index in [0.29, 0.717) is 13.0 Å². The van der Waals surface area contributed by atoms with Gasteiger partial charge in [-0.2, -0.15) is 0 Å². The molecule has 0 aromatic rings. The zero-order chi connectivity index (χ0) is 14.9. The number of carboxylic acids is 1. The average Bonchev–Trinajstić information content (AvgIpc) is 2.23. The number of nitrogens with zero attached hydrogens (tertiary/aromatic N) is 2. The Balaban J connectivity index is 2.03. The molecule has 2 aliphatic rings. The van der Waals surface area contributed by atoms with Gasteiger partial charge in [0.05, 0.1) is 5.92 Å². The molecule has 0 saturated carbocycles. The lowest BCUT2D eigenvalue weighted by molar-refractivity contribution is -0.144. The van der Waals surface area contributed by atoms with Gasteiger partial charge in [-0.1, -0.05) is 0 Å². The lowest BCUT2D eigenvalue weighted by Crippen LogP contribution is -2.57. The summed E-state index contributed by atoms with van der Waals surface area (Å²) in [4.78, 5) is 27.2. The van der Waals surface area contributed by atoms with Gasteiger partial charge in [0.25, 0.3) is 0 Å². The Kier molecular flexibility index (Phi) is 4.22. The number of rotatable bonds is 2. The number of hydrogen-bond donors (Lipinski definition) is 1. The first kappa shape index (κ1) is 15.1. The molecule has 0 aliphatic carbocycles. The second kappa shape index (κ2) is 5.60. The van der Waals surface area contributed by atoms with Crippen molar-refractivity contribution >= 4 is 12.1 Å². The van der Waals surface area contributed by atoms with Crippen molar-refractivity contribution in [1.82, 2.24) is 9.80 Å². The maximum absolute atomic E-state index is 12.1. The van der Waals surface area contributed by atoms with Crippen LogP contribution in [0.5, 0.6) is 0 Å². The Bertz CT molecular complexity index is 387. The van der Waals surface area contributed by atoms with Crippen LogP contribution >= 0.6 is 0 Å². The van der Waals surface area contributed by atoms with Gasteiger partial charge in [0.15, 0.2) is 0 Å². The van der Waals surface area contributed by atoms with E-state index in [9.17, 15) is 14.7 Å². The SMILES string of the molecule is CC(C)(C)OC(=O)N1C[C@H](C(=O)O)C[C@H](N2CCC2)C1. The Morgan fingerprint density at radius 2 is 1.85 bits per heavy atom. The van der Waals surface area contributed by atoms with Crippen LogP contribution in [0.3, 0.4) is 0 Å². The van der Waals surface area contributed by atoms with E-state index in [-0.39, 0.29) is 12.6 Å². The molecular formula is C14H24N2O4. The topological polar surface area (TPSA) is 70.1 Å². The molecule has 2 saturated heterocycles. The Labute approximate surface area is 119 Å². The number of ether oxygens (including phenoxy) is 1. The maximum atomic E-state index is 12.1. The maximum Gasteiger partial charge on any atom is 0.410 e. The molecule has 0 bridgehead atoms. The molecule has 20 heavy (non-hydrogen) atoms. The molecular weight excluding hydrogens is 260 g/mol. The number of carbonyl (C=O) groups excluding carboxylic acids is 1. The summed E-state index contributed by atoms with van der Waals surface area (Å²) < 4.78 is 5.36. The van der Waals surface area contributed by atoms with E-state index in [1.54, 1.807) is 4.90 Å². The highest BCUT2D eigenvalue weighted by Gasteiger charge is 2.39. The van der Waals surface area contributed by atoms with Crippen molar-refractivity contribution < 1.29 is 19.4 Å². The number of carboxylic acid groups (broad SMARTS) is 1. The predicted octanol–water partition coefficient (Wildman–Crippen LogP) is 1.40. The van der Waals surface area contributed by atoms with Crippen LogP contribution in [-0.4, -0.2) is 64.8 Å². The third kappa shape index (κ3) is 3.62. The highest BCUT2D eigenvalue weighted by Crippen LogP contribution is 2.26. The van der Waals surface area contributed by atoms with Crippen LogP contribution < -0.4 is 0 Å². The molecule has 2 fully saturated rings. The highest BCUT2D eigenvalue weighted by molar-refractivity contribution is 5.73. The van der Waals surface area contributed by atoms with Crippen molar-refractivity contribution in [3.8, 4) is 0 Å². The van der Waals surface area contributed by atoms with E-state index >= 15 is 0 Å². The van der Waals surface area contributed by atoms with Crippen LogP contribution in [0, 0.1) is 5.92 Å². The molecule has 2 rings (SSSR count). The number of carbonyl (C=O) groups is 2. The van der Waals surface area contributed by atoms with Crippen molar-refractivity contribution in [2.75, 3.05) is 26.2 Å². The number of hydrogen-bond acceptors (Lipinski definition) is 4. The third-order valence-electron chi connectivity index (χ3n) is 3.84. The van der Waals surface area contributed by atoms with E-state index < -0.39 is 23.6 Å². The minimum absolute atomic E-state index is 0.145. The zero-order valence-electron chi connectivity index (χ0n) is 12.5. The van der Waals surface area contributed by atoms with Gasteiger partial charge in [-0.05, 0) is 46.7 Å². The van der Waals surface area contributed by atoms with Crippen LogP contribution in [0.2, 0.25) is 0 Å². The van der Waals surface area contributed by atoms with E-state index in [1.807, 2.05) is 20.8 Å². The number of piperidine rings is 1. The quantitative estimate of drug-likeness (QED) is 0.830. The van der Waals surface area contributed by atoms with E-state index in [0.717, 1.165) is 19.5 Å². The molecule has 0 aromatic carbocycles. The molecule has 0 spiro atoms. The molecule has 114 valence electrons. The molecule has 2 heterocycles. The fourth-order valence-corrected chi connectivity index (χ4v) is 2.70. The summed E-state index contributed by atoms with van der Waals surface area (Å²) in [5, 5.41) is 9.26. The van der Waals surface area contributed by atoms with Crippen LogP contribution in [0.4, 0.5) is 4.79 Å². The van der Waals surface area contributed by atoms with Gasteiger partial charge in [-0.3, -0.25) is 9.69 Å².